The number of hydrogen-bond acceptors (Lipinski definition) is 4. The average Bonchev–Trinajstić information content (AvgIpc) is 3.03. The molecule has 7 heteroatoms. The molecule has 0 aliphatic carbocycles. The molecule has 1 amide bonds. The third kappa shape index (κ3) is 4.24. The van der Waals surface area contributed by atoms with Crippen LogP contribution < -0.4 is 19.5 Å². The average molecular weight is 429 g/mol. The van der Waals surface area contributed by atoms with E-state index < -0.39 is 0 Å². The van der Waals surface area contributed by atoms with Crippen molar-refractivity contribution in [3.8, 4) is 22.9 Å². The van der Waals surface area contributed by atoms with Gasteiger partial charge in [-0.3, -0.25) is 4.79 Å². The number of nitrogens with zero attached hydrogens (tertiary/aromatic N) is 1. The van der Waals surface area contributed by atoms with Gasteiger partial charge in [0.05, 0.1) is 37.1 Å². The van der Waals surface area contributed by atoms with Gasteiger partial charge in [-0.2, -0.15) is 0 Å². The summed E-state index contributed by atoms with van der Waals surface area (Å²) < 4.78 is 18.1. The van der Waals surface area contributed by atoms with E-state index in [4.69, 9.17) is 25.8 Å². The van der Waals surface area contributed by atoms with Crippen molar-refractivity contribution in [1.82, 2.24) is 4.57 Å². The molecule has 2 aromatic carbocycles. The molecule has 30 heavy (non-hydrogen) atoms. The summed E-state index contributed by atoms with van der Waals surface area (Å²) in [5.41, 5.74) is 3.77. The number of carbonyl (C=O) groups is 1. The van der Waals surface area contributed by atoms with Crippen molar-refractivity contribution in [1.29, 1.82) is 0 Å². The van der Waals surface area contributed by atoms with Crippen molar-refractivity contribution >= 4 is 23.2 Å². The third-order valence-electron chi connectivity index (χ3n) is 4.80. The van der Waals surface area contributed by atoms with Crippen molar-refractivity contribution in [3.05, 3.63) is 64.4 Å². The van der Waals surface area contributed by atoms with Crippen LogP contribution in [0.25, 0.3) is 5.69 Å². The van der Waals surface area contributed by atoms with Crippen LogP contribution in [0.3, 0.4) is 0 Å². The van der Waals surface area contributed by atoms with E-state index in [0.29, 0.717) is 34.4 Å². The first-order valence-electron chi connectivity index (χ1n) is 9.54. The zero-order valence-electron chi connectivity index (χ0n) is 17.7. The Kier molecular flexibility index (Phi) is 6.57. The van der Waals surface area contributed by atoms with E-state index in [1.165, 1.54) is 14.2 Å². The van der Waals surface area contributed by atoms with Crippen molar-refractivity contribution in [2.45, 2.75) is 20.8 Å². The van der Waals surface area contributed by atoms with Crippen LogP contribution in [-0.4, -0.2) is 31.3 Å². The zero-order valence-corrected chi connectivity index (χ0v) is 18.5. The lowest BCUT2D eigenvalue weighted by Gasteiger charge is -2.14. The van der Waals surface area contributed by atoms with Gasteiger partial charge in [-0.05, 0) is 57.2 Å². The Bertz CT molecular complexity index is 1060. The number of aryl methyl sites for hydroxylation is 1. The fourth-order valence-electron chi connectivity index (χ4n) is 3.40. The standard InChI is InChI=1S/C23H25ClN2O4/c1-6-30-17-9-7-16(8-10-17)26-14(2)11-18(15(26)3)23(27)25-20-12-19(24)21(28-4)13-22(20)29-5/h7-13H,6H2,1-5H3,(H,25,27). The Morgan fingerprint density at radius 1 is 1.03 bits per heavy atom. The Labute approximate surface area is 181 Å². The minimum Gasteiger partial charge on any atom is -0.495 e. The minimum absolute atomic E-state index is 0.250. The van der Waals surface area contributed by atoms with Crippen LogP contribution in [0.4, 0.5) is 5.69 Å². The molecule has 0 atom stereocenters. The first-order chi connectivity index (χ1) is 14.4. The van der Waals surface area contributed by atoms with Crippen LogP contribution in [0.2, 0.25) is 5.02 Å². The molecule has 158 valence electrons. The predicted molar refractivity (Wildman–Crippen MR) is 119 cm³/mol. The van der Waals surface area contributed by atoms with E-state index in [0.717, 1.165) is 22.8 Å². The second kappa shape index (κ2) is 9.13. The largest absolute Gasteiger partial charge is 0.495 e. The molecule has 1 N–H and O–H groups in total. The van der Waals surface area contributed by atoms with Gasteiger partial charge in [-0.25, -0.2) is 0 Å². The van der Waals surface area contributed by atoms with Crippen LogP contribution >= 0.6 is 11.6 Å². The SMILES string of the molecule is CCOc1ccc(-n2c(C)cc(C(=O)Nc3cc(Cl)c(OC)cc3OC)c2C)cc1. The lowest BCUT2D eigenvalue weighted by atomic mass is 10.2. The highest BCUT2D eigenvalue weighted by Crippen LogP contribution is 2.36. The molecule has 0 fully saturated rings. The van der Waals surface area contributed by atoms with E-state index in [1.807, 2.05) is 55.7 Å². The number of hydrogen-bond donors (Lipinski definition) is 1. The molecule has 0 saturated heterocycles. The summed E-state index contributed by atoms with van der Waals surface area (Å²) in [6.45, 7) is 6.44. The number of anilines is 1. The summed E-state index contributed by atoms with van der Waals surface area (Å²) in [6.07, 6.45) is 0. The third-order valence-corrected chi connectivity index (χ3v) is 5.10. The van der Waals surface area contributed by atoms with Crippen molar-refractivity contribution in [3.63, 3.8) is 0 Å². The first-order valence-corrected chi connectivity index (χ1v) is 9.92. The van der Waals surface area contributed by atoms with Gasteiger partial charge in [0, 0.05) is 23.1 Å². The number of carbonyl (C=O) groups excluding carboxylic acids is 1. The summed E-state index contributed by atoms with van der Waals surface area (Å²) in [5.74, 6) is 1.50. The van der Waals surface area contributed by atoms with Crippen molar-refractivity contribution in [2.75, 3.05) is 26.1 Å². The molecule has 0 radical (unpaired) electrons. The van der Waals surface area contributed by atoms with Crippen molar-refractivity contribution < 1.29 is 19.0 Å². The summed E-state index contributed by atoms with van der Waals surface area (Å²) in [7, 11) is 3.05. The van der Waals surface area contributed by atoms with Crippen LogP contribution in [0, 0.1) is 13.8 Å². The molecule has 0 aliphatic rings. The molecular formula is C23H25ClN2O4. The van der Waals surface area contributed by atoms with Crippen LogP contribution in [-0.2, 0) is 0 Å². The van der Waals surface area contributed by atoms with E-state index in [1.54, 1.807) is 12.1 Å². The number of ether oxygens (including phenoxy) is 3. The predicted octanol–water partition coefficient (Wildman–Crippen LogP) is 5.42. The van der Waals surface area contributed by atoms with Gasteiger partial charge < -0.3 is 24.1 Å². The van der Waals surface area contributed by atoms with Gasteiger partial charge in [0.1, 0.15) is 17.2 Å². The zero-order chi connectivity index (χ0) is 21.8. The summed E-state index contributed by atoms with van der Waals surface area (Å²) in [6, 6.07) is 12.9. The highest BCUT2D eigenvalue weighted by atomic mass is 35.5. The van der Waals surface area contributed by atoms with Gasteiger partial charge in [-0.15, -0.1) is 0 Å². The van der Waals surface area contributed by atoms with E-state index in [9.17, 15) is 4.79 Å². The molecule has 0 bridgehead atoms. The smallest absolute Gasteiger partial charge is 0.257 e. The quantitative estimate of drug-likeness (QED) is 0.546. The van der Waals surface area contributed by atoms with Gasteiger partial charge in [-0.1, -0.05) is 11.6 Å². The second-order valence-electron chi connectivity index (χ2n) is 6.69. The molecule has 0 aliphatic heterocycles. The molecular weight excluding hydrogens is 404 g/mol. The number of rotatable bonds is 7. The number of halogens is 1. The van der Waals surface area contributed by atoms with Crippen LogP contribution in [0.5, 0.6) is 17.2 Å². The normalized spacial score (nSPS) is 10.6. The van der Waals surface area contributed by atoms with E-state index in [-0.39, 0.29) is 5.91 Å². The number of methoxy groups -OCH3 is 2. The fourth-order valence-corrected chi connectivity index (χ4v) is 3.64. The number of amides is 1. The Morgan fingerprint density at radius 3 is 2.30 bits per heavy atom. The molecule has 3 aromatic rings. The monoisotopic (exact) mass is 428 g/mol. The Hall–Kier alpha value is -3.12. The summed E-state index contributed by atoms with van der Waals surface area (Å²) in [5, 5.41) is 3.27. The topological polar surface area (TPSA) is 61.7 Å². The summed E-state index contributed by atoms with van der Waals surface area (Å²) >= 11 is 6.22. The van der Waals surface area contributed by atoms with Crippen LogP contribution in [0.1, 0.15) is 28.7 Å². The van der Waals surface area contributed by atoms with Gasteiger partial charge in [0.2, 0.25) is 0 Å². The molecule has 0 spiro atoms. The minimum atomic E-state index is -0.250. The fraction of sp³-hybridized carbons (Fsp3) is 0.261. The highest BCUT2D eigenvalue weighted by Gasteiger charge is 2.19. The molecule has 0 saturated carbocycles. The summed E-state index contributed by atoms with van der Waals surface area (Å²) in [4.78, 5) is 13.0. The van der Waals surface area contributed by atoms with Crippen LogP contribution in [0.15, 0.2) is 42.5 Å². The second-order valence-corrected chi connectivity index (χ2v) is 7.10. The van der Waals surface area contributed by atoms with Gasteiger partial charge in [0.15, 0.2) is 0 Å². The maximum atomic E-state index is 13.0. The van der Waals surface area contributed by atoms with Crippen molar-refractivity contribution in [2.24, 2.45) is 0 Å². The lowest BCUT2D eigenvalue weighted by molar-refractivity contribution is 0.102. The number of nitrogens with one attached hydrogen (secondary N) is 1. The number of benzene rings is 2. The first kappa shape index (κ1) is 21.6. The molecule has 1 heterocycles. The Balaban J connectivity index is 1.91. The van der Waals surface area contributed by atoms with E-state index >= 15 is 0 Å². The number of aromatic nitrogens is 1. The molecule has 1 aromatic heterocycles. The van der Waals surface area contributed by atoms with E-state index in [2.05, 4.69) is 5.32 Å². The molecule has 0 unspecified atom stereocenters. The maximum Gasteiger partial charge on any atom is 0.257 e. The van der Waals surface area contributed by atoms with Gasteiger partial charge >= 0.3 is 0 Å². The molecule has 3 rings (SSSR count). The lowest BCUT2D eigenvalue weighted by Crippen LogP contribution is -2.14. The Morgan fingerprint density at radius 2 is 1.70 bits per heavy atom. The van der Waals surface area contributed by atoms with Gasteiger partial charge in [0.25, 0.3) is 5.91 Å². The molecule has 6 nitrogen and oxygen atoms in total. The highest BCUT2D eigenvalue weighted by molar-refractivity contribution is 6.32. The maximum absolute atomic E-state index is 13.0.